The summed E-state index contributed by atoms with van der Waals surface area (Å²) >= 11 is 3.44. The van der Waals surface area contributed by atoms with Gasteiger partial charge in [-0.25, -0.2) is 0 Å². The van der Waals surface area contributed by atoms with Gasteiger partial charge in [-0.2, -0.15) is 0 Å². The first-order valence-electron chi connectivity index (χ1n) is 6.68. The molecule has 1 heterocycles. The standard InChI is InChI=1S/C17H16BrNO2/c1-10-4-3-5-11-8-15(21-17(10)11)16(19)13-7-6-12(18)9-14(13)20-2/h3-9,16H,19H2,1-2H3. The van der Waals surface area contributed by atoms with Gasteiger partial charge < -0.3 is 14.9 Å². The first-order chi connectivity index (χ1) is 10.1. The molecule has 0 saturated heterocycles. The van der Waals surface area contributed by atoms with Crippen LogP contribution >= 0.6 is 15.9 Å². The zero-order chi connectivity index (χ0) is 15.0. The van der Waals surface area contributed by atoms with Crippen LogP contribution in [0.15, 0.2) is 51.4 Å². The van der Waals surface area contributed by atoms with E-state index in [9.17, 15) is 0 Å². The lowest BCUT2D eigenvalue weighted by Gasteiger charge is -2.14. The Morgan fingerprint density at radius 2 is 2.00 bits per heavy atom. The number of ether oxygens (including phenoxy) is 1. The van der Waals surface area contributed by atoms with Crippen LogP contribution in [0, 0.1) is 6.92 Å². The van der Waals surface area contributed by atoms with E-state index in [1.165, 1.54) is 0 Å². The average Bonchev–Trinajstić information content (AvgIpc) is 2.92. The van der Waals surface area contributed by atoms with Crippen molar-refractivity contribution in [3.05, 3.63) is 63.8 Å². The highest BCUT2D eigenvalue weighted by atomic mass is 79.9. The second kappa shape index (κ2) is 5.54. The summed E-state index contributed by atoms with van der Waals surface area (Å²) in [6, 6.07) is 13.5. The van der Waals surface area contributed by atoms with Crippen molar-refractivity contribution in [3.63, 3.8) is 0 Å². The van der Waals surface area contributed by atoms with Crippen LogP contribution in [0.1, 0.15) is 22.9 Å². The van der Waals surface area contributed by atoms with Gasteiger partial charge in [-0.15, -0.1) is 0 Å². The molecule has 3 nitrogen and oxygen atoms in total. The van der Waals surface area contributed by atoms with Gasteiger partial charge in [0, 0.05) is 15.4 Å². The molecule has 1 atom stereocenters. The molecule has 0 fully saturated rings. The molecule has 0 bridgehead atoms. The molecule has 3 aromatic rings. The van der Waals surface area contributed by atoms with Gasteiger partial charge in [0.15, 0.2) is 0 Å². The number of benzene rings is 2. The third-order valence-electron chi connectivity index (χ3n) is 3.60. The maximum absolute atomic E-state index is 6.37. The number of nitrogens with two attached hydrogens (primary N) is 1. The van der Waals surface area contributed by atoms with Crippen molar-refractivity contribution >= 4 is 26.9 Å². The smallest absolute Gasteiger partial charge is 0.137 e. The average molecular weight is 346 g/mol. The summed E-state index contributed by atoms with van der Waals surface area (Å²) < 4.78 is 12.3. The van der Waals surface area contributed by atoms with Crippen LogP contribution in [0.25, 0.3) is 11.0 Å². The molecular formula is C17H16BrNO2. The molecule has 3 rings (SSSR count). The van der Waals surface area contributed by atoms with E-state index in [0.29, 0.717) is 0 Å². The van der Waals surface area contributed by atoms with E-state index in [1.54, 1.807) is 7.11 Å². The van der Waals surface area contributed by atoms with E-state index in [-0.39, 0.29) is 6.04 Å². The molecular weight excluding hydrogens is 330 g/mol. The Labute approximate surface area is 131 Å². The summed E-state index contributed by atoms with van der Waals surface area (Å²) in [6.07, 6.45) is 0. The van der Waals surface area contributed by atoms with Crippen LogP contribution in [-0.2, 0) is 0 Å². The Hall–Kier alpha value is -1.78. The minimum absolute atomic E-state index is 0.361. The molecule has 4 heteroatoms. The maximum atomic E-state index is 6.37. The van der Waals surface area contributed by atoms with Crippen molar-refractivity contribution in [1.29, 1.82) is 0 Å². The van der Waals surface area contributed by atoms with E-state index in [2.05, 4.69) is 15.9 Å². The zero-order valence-electron chi connectivity index (χ0n) is 11.9. The van der Waals surface area contributed by atoms with E-state index in [1.807, 2.05) is 49.4 Å². The number of aryl methyl sites for hydroxylation is 1. The second-order valence-corrected chi connectivity index (χ2v) is 5.92. The molecule has 108 valence electrons. The Kier molecular flexibility index (Phi) is 3.74. The van der Waals surface area contributed by atoms with Gasteiger partial charge in [0.25, 0.3) is 0 Å². The van der Waals surface area contributed by atoms with E-state index >= 15 is 0 Å². The fourth-order valence-electron chi connectivity index (χ4n) is 2.48. The van der Waals surface area contributed by atoms with Crippen molar-refractivity contribution in [2.24, 2.45) is 5.73 Å². The highest BCUT2D eigenvalue weighted by Crippen LogP contribution is 2.34. The van der Waals surface area contributed by atoms with Gasteiger partial charge in [-0.1, -0.05) is 40.2 Å². The lowest BCUT2D eigenvalue weighted by molar-refractivity contribution is 0.404. The molecule has 0 aliphatic rings. The number of hydrogen-bond donors (Lipinski definition) is 1. The summed E-state index contributed by atoms with van der Waals surface area (Å²) in [4.78, 5) is 0. The first-order valence-corrected chi connectivity index (χ1v) is 7.47. The third kappa shape index (κ3) is 2.57. The molecule has 0 spiro atoms. The zero-order valence-corrected chi connectivity index (χ0v) is 13.5. The van der Waals surface area contributed by atoms with Gasteiger partial charge >= 0.3 is 0 Å². The van der Waals surface area contributed by atoms with Crippen LogP contribution < -0.4 is 10.5 Å². The molecule has 1 aromatic heterocycles. The Balaban J connectivity index is 2.08. The molecule has 0 amide bonds. The van der Waals surface area contributed by atoms with Gasteiger partial charge in [0.05, 0.1) is 13.2 Å². The SMILES string of the molecule is COc1cc(Br)ccc1C(N)c1cc2cccc(C)c2o1. The van der Waals surface area contributed by atoms with Crippen molar-refractivity contribution in [1.82, 2.24) is 0 Å². The largest absolute Gasteiger partial charge is 0.496 e. The van der Waals surface area contributed by atoms with E-state index < -0.39 is 0 Å². The van der Waals surface area contributed by atoms with Gasteiger partial charge in [-0.3, -0.25) is 0 Å². The van der Waals surface area contributed by atoms with Gasteiger partial charge in [-0.05, 0) is 30.7 Å². The van der Waals surface area contributed by atoms with Crippen LogP contribution in [0.4, 0.5) is 0 Å². The number of methoxy groups -OCH3 is 1. The Morgan fingerprint density at radius 1 is 1.19 bits per heavy atom. The predicted molar refractivity (Wildman–Crippen MR) is 87.7 cm³/mol. The quantitative estimate of drug-likeness (QED) is 0.756. The van der Waals surface area contributed by atoms with Crippen LogP contribution in [0.5, 0.6) is 5.75 Å². The fraction of sp³-hybridized carbons (Fsp3) is 0.176. The fourth-order valence-corrected chi connectivity index (χ4v) is 2.82. The van der Waals surface area contributed by atoms with Gasteiger partial charge in [0.2, 0.25) is 0 Å². The molecule has 2 aromatic carbocycles. The monoisotopic (exact) mass is 345 g/mol. The summed E-state index contributed by atoms with van der Waals surface area (Å²) in [5.41, 5.74) is 9.26. The van der Waals surface area contributed by atoms with Crippen LogP contribution in [0.2, 0.25) is 0 Å². The minimum Gasteiger partial charge on any atom is -0.496 e. The van der Waals surface area contributed by atoms with Crippen molar-refractivity contribution < 1.29 is 9.15 Å². The predicted octanol–water partition coefficient (Wildman–Crippen LogP) is 4.56. The lowest BCUT2D eigenvalue weighted by atomic mass is 10.0. The maximum Gasteiger partial charge on any atom is 0.137 e. The van der Waals surface area contributed by atoms with Crippen molar-refractivity contribution in [3.8, 4) is 5.75 Å². The summed E-state index contributed by atoms with van der Waals surface area (Å²) in [7, 11) is 1.64. The van der Waals surface area contributed by atoms with E-state index in [0.717, 1.165) is 38.1 Å². The Morgan fingerprint density at radius 3 is 2.71 bits per heavy atom. The summed E-state index contributed by atoms with van der Waals surface area (Å²) in [6.45, 7) is 2.03. The molecule has 1 unspecified atom stereocenters. The normalized spacial score (nSPS) is 12.6. The number of para-hydroxylation sites is 1. The molecule has 0 aliphatic carbocycles. The molecule has 0 saturated carbocycles. The molecule has 21 heavy (non-hydrogen) atoms. The first kappa shape index (κ1) is 14.2. The lowest BCUT2D eigenvalue weighted by Crippen LogP contribution is -2.12. The summed E-state index contributed by atoms with van der Waals surface area (Å²) in [5, 5.41) is 1.07. The molecule has 0 radical (unpaired) electrons. The second-order valence-electron chi connectivity index (χ2n) is 5.01. The minimum atomic E-state index is -0.361. The van der Waals surface area contributed by atoms with Crippen LogP contribution in [0.3, 0.4) is 0 Å². The third-order valence-corrected chi connectivity index (χ3v) is 4.09. The number of hydrogen-bond acceptors (Lipinski definition) is 3. The molecule has 2 N–H and O–H groups in total. The Bertz CT molecular complexity index is 795. The number of halogens is 1. The summed E-state index contributed by atoms with van der Waals surface area (Å²) in [5.74, 6) is 1.48. The van der Waals surface area contributed by atoms with Crippen molar-refractivity contribution in [2.45, 2.75) is 13.0 Å². The number of fused-ring (bicyclic) bond motifs is 1. The van der Waals surface area contributed by atoms with Gasteiger partial charge in [0.1, 0.15) is 17.1 Å². The van der Waals surface area contributed by atoms with Crippen LogP contribution in [-0.4, -0.2) is 7.11 Å². The number of rotatable bonds is 3. The topological polar surface area (TPSA) is 48.4 Å². The van der Waals surface area contributed by atoms with Crippen molar-refractivity contribution in [2.75, 3.05) is 7.11 Å². The van der Waals surface area contributed by atoms with E-state index in [4.69, 9.17) is 14.9 Å². The number of furan rings is 1. The highest BCUT2D eigenvalue weighted by Gasteiger charge is 2.18. The molecule has 0 aliphatic heterocycles. The highest BCUT2D eigenvalue weighted by molar-refractivity contribution is 9.10.